The molecule has 0 fully saturated rings. The Hall–Kier alpha value is -0.660. The fourth-order valence-corrected chi connectivity index (χ4v) is 7.42. The number of hydrogen-bond donors (Lipinski definition) is 0. The van der Waals surface area contributed by atoms with Gasteiger partial charge in [-0.2, -0.15) is 0 Å². The van der Waals surface area contributed by atoms with Crippen molar-refractivity contribution in [3.8, 4) is 0 Å². The molecule has 0 aromatic heterocycles. The summed E-state index contributed by atoms with van der Waals surface area (Å²) in [7, 11) is 0. The van der Waals surface area contributed by atoms with Crippen molar-refractivity contribution >= 4 is 0 Å². The summed E-state index contributed by atoms with van der Waals surface area (Å²) < 4.78 is 0. The smallest absolute Gasteiger partial charge is 0.101 e. The third kappa shape index (κ3) is 27.0. The van der Waals surface area contributed by atoms with Crippen LogP contribution in [0.15, 0.2) is 12.4 Å². The Balaban J connectivity index is 2.16. The Morgan fingerprint density at radius 1 is 0.289 bits per heavy atom. The van der Waals surface area contributed by atoms with Crippen LogP contribution >= 0.6 is 0 Å². The molecule has 0 aromatic carbocycles. The summed E-state index contributed by atoms with van der Waals surface area (Å²) in [4.78, 5) is 5.44. The normalized spacial score (nSPS) is 14.8. The monoisotopic (exact) mass is 631 g/mol. The Labute approximate surface area is 286 Å². The quantitative estimate of drug-likeness (QED) is 0.0630. The molecular formula is C43H86N2. The molecule has 1 atom stereocenters. The molecule has 268 valence electrons. The van der Waals surface area contributed by atoms with Crippen LogP contribution in [0.5, 0.6) is 0 Å². The van der Waals surface area contributed by atoms with Gasteiger partial charge in [-0.1, -0.05) is 220 Å². The van der Waals surface area contributed by atoms with Crippen molar-refractivity contribution in [2.45, 2.75) is 252 Å². The van der Waals surface area contributed by atoms with Gasteiger partial charge in [0.1, 0.15) is 6.17 Å². The largest absolute Gasteiger partial charge is 0.356 e. The maximum Gasteiger partial charge on any atom is 0.101 e. The first kappa shape index (κ1) is 42.4. The van der Waals surface area contributed by atoms with E-state index in [1.54, 1.807) is 0 Å². The first-order valence-corrected chi connectivity index (χ1v) is 21.5. The summed E-state index contributed by atoms with van der Waals surface area (Å²) in [6.45, 7) is 9.48. The second-order valence-corrected chi connectivity index (χ2v) is 15.0. The van der Waals surface area contributed by atoms with Gasteiger partial charge in [-0.15, -0.1) is 0 Å². The van der Waals surface area contributed by atoms with Crippen LogP contribution in [0.1, 0.15) is 245 Å². The average molecular weight is 631 g/mol. The van der Waals surface area contributed by atoms with E-state index in [4.69, 9.17) is 0 Å². The van der Waals surface area contributed by atoms with Crippen LogP contribution in [0.25, 0.3) is 0 Å². The molecule has 0 spiro atoms. The summed E-state index contributed by atoms with van der Waals surface area (Å²) in [5, 5.41) is 0. The Morgan fingerprint density at radius 2 is 0.511 bits per heavy atom. The third-order valence-electron chi connectivity index (χ3n) is 10.6. The van der Waals surface area contributed by atoms with E-state index in [0.29, 0.717) is 6.17 Å². The van der Waals surface area contributed by atoms with Crippen LogP contribution in [0, 0.1) is 0 Å². The zero-order valence-corrected chi connectivity index (χ0v) is 31.8. The second kappa shape index (κ2) is 34.7. The summed E-state index contributed by atoms with van der Waals surface area (Å²) in [5.41, 5.74) is 0. The molecule has 0 bridgehead atoms. The Morgan fingerprint density at radius 3 is 0.778 bits per heavy atom. The minimum atomic E-state index is 0.639. The van der Waals surface area contributed by atoms with Crippen molar-refractivity contribution in [3.63, 3.8) is 0 Å². The van der Waals surface area contributed by atoms with E-state index in [1.165, 1.54) is 238 Å². The number of hydrogen-bond acceptors (Lipinski definition) is 2. The van der Waals surface area contributed by atoms with Gasteiger partial charge in [0.05, 0.1) is 0 Å². The van der Waals surface area contributed by atoms with Crippen LogP contribution in [0.4, 0.5) is 0 Å². The summed E-state index contributed by atoms with van der Waals surface area (Å²) in [6, 6.07) is 0. The minimum Gasteiger partial charge on any atom is -0.356 e. The summed E-state index contributed by atoms with van der Waals surface area (Å²) in [5.74, 6) is 0. The van der Waals surface area contributed by atoms with Gasteiger partial charge in [0.15, 0.2) is 0 Å². The van der Waals surface area contributed by atoms with Gasteiger partial charge in [-0.3, -0.25) is 0 Å². The van der Waals surface area contributed by atoms with Crippen LogP contribution in [-0.2, 0) is 0 Å². The van der Waals surface area contributed by atoms with Crippen molar-refractivity contribution in [3.05, 3.63) is 12.4 Å². The molecule has 2 nitrogen and oxygen atoms in total. The average Bonchev–Trinajstić information content (AvgIpc) is 3.43. The van der Waals surface area contributed by atoms with E-state index in [1.807, 2.05) is 0 Å². The van der Waals surface area contributed by atoms with E-state index < -0.39 is 0 Å². The molecule has 1 heterocycles. The molecule has 2 heteroatoms. The number of rotatable bonds is 37. The molecule has 0 aromatic rings. The highest BCUT2D eigenvalue weighted by atomic mass is 15.4. The lowest BCUT2D eigenvalue weighted by Gasteiger charge is -2.33. The fourth-order valence-electron chi connectivity index (χ4n) is 7.42. The predicted octanol–water partition coefficient (Wildman–Crippen LogP) is 15.1. The van der Waals surface area contributed by atoms with Gasteiger partial charge in [-0.25, -0.2) is 0 Å². The van der Waals surface area contributed by atoms with Crippen molar-refractivity contribution in [2.75, 3.05) is 13.1 Å². The molecule has 0 N–H and O–H groups in total. The van der Waals surface area contributed by atoms with Crippen LogP contribution in [-0.4, -0.2) is 29.1 Å². The maximum atomic E-state index is 2.72. The van der Waals surface area contributed by atoms with E-state index in [0.717, 1.165) is 0 Å². The number of unbranched alkanes of at least 4 members (excludes halogenated alkanes) is 31. The van der Waals surface area contributed by atoms with Crippen molar-refractivity contribution in [1.29, 1.82) is 0 Å². The molecule has 45 heavy (non-hydrogen) atoms. The minimum absolute atomic E-state index is 0.639. The van der Waals surface area contributed by atoms with E-state index in [9.17, 15) is 0 Å². The Kier molecular flexibility index (Phi) is 32.6. The SMILES string of the molecule is CCCCCCCCCCCCCCCCCCCC1N(CCCCCCCCCC)C=CN1CCCCCCCCCCC. The zero-order chi connectivity index (χ0) is 32.3. The molecular weight excluding hydrogens is 544 g/mol. The summed E-state index contributed by atoms with van der Waals surface area (Å²) in [6.07, 6.45) is 55.9. The van der Waals surface area contributed by atoms with Gasteiger partial charge in [0, 0.05) is 25.5 Å². The van der Waals surface area contributed by atoms with Crippen molar-refractivity contribution in [1.82, 2.24) is 9.80 Å². The van der Waals surface area contributed by atoms with Crippen molar-refractivity contribution < 1.29 is 0 Å². The lowest BCUT2D eigenvalue weighted by molar-refractivity contribution is 0.135. The highest BCUT2D eigenvalue weighted by Gasteiger charge is 2.24. The topological polar surface area (TPSA) is 6.48 Å². The Bertz CT molecular complexity index is 586. The second-order valence-electron chi connectivity index (χ2n) is 15.0. The van der Waals surface area contributed by atoms with Gasteiger partial charge in [0.2, 0.25) is 0 Å². The standard InChI is InChI=1S/C43H86N2/c1-4-7-10-13-16-19-20-21-22-23-24-25-26-27-29-32-35-38-43-44(39-36-33-30-18-15-12-9-6-3)41-42-45(43)40-37-34-31-28-17-14-11-8-5-2/h41-43H,4-40H2,1-3H3. The van der Waals surface area contributed by atoms with Gasteiger partial charge in [0.25, 0.3) is 0 Å². The molecule has 0 aliphatic carbocycles. The maximum absolute atomic E-state index is 2.72. The lowest BCUT2D eigenvalue weighted by atomic mass is 10.0. The molecule has 0 saturated heterocycles. The predicted molar refractivity (Wildman–Crippen MR) is 205 cm³/mol. The summed E-state index contributed by atoms with van der Waals surface area (Å²) >= 11 is 0. The molecule has 1 aliphatic heterocycles. The first-order valence-electron chi connectivity index (χ1n) is 21.5. The van der Waals surface area contributed by atoms with Gasteiger partial charge >= 0.3 is 0 Å². The lowest BCUT2D eigenvalue weighted by Crippen LogP contribution is -2.39. The van der Waals surface area contributed by atoms with Crippen LogP contribution in [0.2, 0.25) is 0 Å². The molecule has 0 amide bonds. The fraction of sp³-hybridized carbons (Fsp3) is 0.953. The third-order valence-corrected chi connectivity index (χ3v) is 10.6. The first-order chi connectivity index (χ1) is 22.3. The van der Waals surface area contributed by atoms with Gasteiger partial charge in [-0.05, 0) is 25.7 Å². The molecule has 1 unspecified atom stereocenters. The van der Waals surface area contributed by atoms with Gasteiger partial charge < -0.3 is 9.80 Å². The van der Waals surface area contributed by atoms with E-state index in [-0.39, 0.29) is 0 Å². The number of nitrogens with zero attached hydrogens (tertiary/aromatic N) is 2. The molecule has 0 saturated carbocycles. The van der Waals surface area contributed by atoms with Crippen molar-refractivity contribution in [2.24, 2.45) is 0 Å². The molecule has 1 rings (SSSR count). The van der Waals surface area contributed by atoms with E-state index in [2.05, 4.69) is 43.0 Å². The zero-order valence-electron chi connectivity index (χ0n) is 31.8. The van der Waals surface area contributed by atoms with E-state index >= 15 is 0 Å². The highest BCUT2D eigenvalue weighted by Crippen LogP contribution is 2.24. The highest BCUT2D eigenvalue weighted by molar-refractivity contribution is 4.97. The van der Waals surface area contributed by atoms with Crippen LogP contribution in [0.3, 0.4) is 0 Å². The molecule has 1 aliphatic rings. The van der Waals surface area contributed by atoms with Crippen LogP contribution < -0.4 is 0 Å². The molecule has 0 radical (unpaired) electrons.